The van der Waals surface area contributed by atoms with Crippen LogP contribution in [0.5, 0.6) is 0 Å². The van der Waals surface area contributed by atoms with Crippen molar-refractivity contribution in [3.05, 3.63) is 121 Å². The maximum atomic E-state index is 2.53. The minimum atomic E-state index is -2.43. The standard InChI is InChI=1S/C31H23NSi/c1-32-28-18-10-8-16-24(28)26-21-31-27(20-29(26)32)25-17-9-11-19-30(25)33(31,22-12-4-2-5-13-22)23-14-6-3-7-15-23/h2-21H,1H3. The summed E-state index contributed by atoms with van der Waals surface area (Å²) in [4.78, 5) is 0. The summed E-state index contributed by atoms with van der Waals surface area (Å²) in [6.07, 6.45) is 0. The Kier molecular flexibility index (Phi) is 3.85. The summed E-state index contributed by atoms with van der Waals surface area (Å²) < 4.78 is 2.35. The van der Waals surface area contributed by atoms with Gasteiger partial charge >= 0.3 is 0 Å². The fraction of sp³-hybridized carbons (Fsp3) is 0.0323. The van der Waals surface area contributed by atoms with Gasteiger partial charge in [-0.2, -0.15) is 0 Å². The Morgan fingerprint density at radius 3 is 1.82 bits per heavy atom. The molecular weight excluding hydrogens is 414 g/mol. The molecule has 0 fully saturated rings. The third-order valence-electron chi connectivity index (χ3n) is 7.49. The average molecular weight is 438 g/mol. The maximum Gasteiger partial charge on any atom is 0.180 e. The Morgan fingerprint density at radius 1 is 0.485 bits per heavy atom. The van der Waals surface area contributed by atoms with E-state index in [1.54, 1.807) is 0 Å². The number of para-hydroxylation sites is 1. The predicted molar refractivity (Wildman–Crippen MR) is 143 cm³/mol. The van der Waals surface area contributed by atoms with Gasteiger partial charge in [0, 0.05) is 28.9 Å². The summed E-state index contributed by atoms with van der Waals surface area (Å²) in [6, 6.07) is 45.3. The third kappa shape index (κ3) is 2.36. The van der Waals surface area contributed by atoms with E-state index in [0.29, 0.717) is 0 Å². The van der Waals surface area contributed by atoms with Crippen molar-refractivity contribution in [2.45, 2.75) is 0 Å². The summed E-state index contributed by atoms with van der Waals surface area (Å²) in [5.41, 5.74) is 5.37. The van der Waals surface area contributed by atoms with E-state index in [1.165, 1.54) is 53.7 Å². The van der Waals surface area contributed by atoms with Crippen molar-refractivity contribution >= 4 is 50.6 Å². The van der Waals surface area contributed by atoms with Crippen LogP contribution in [-0.2, 0) is 7.05 Å². The molecule has 0 radical (unpaired) electrons. The first-order valence-electron chi connectivity index (χ1n) is 11.5. The molecule has 0 saturated carbocycles. The van der Waals surface area contributed by atoms with Crippen molar-refractivity contribution in [1.82, 2.24) is 4.57 Å². The number of aromatic nitrogens is 1. The minimum Gasteiger partial charge on any atom is -0.344 e. The third-order valence-corrected chi connectivity index (χ3v) is 12.4. The SMILES string of the molecule is Cn1c2ccccc2c2cc3c(cc21)-c1ccccc1[Si]3(c1ccccc1)c1ccccc1. The molecule has 7 rings (SSSR count). The van der Waals surface area contributed by atoms with Crippen LogP contribution < -0.4 is 20.7 Å². The molecule has 1 aromatic heterocycles. The van der Waals surface area contributed by atoms with E-state index in [9.17, 15) is 0 Å². The number of nitrogens with zero attached hydrogens (tertiary/aromatic N) is 1. The molecule has 0 unspecified atom stereocenters. The van der Waals surface area contributed by atoms with Crippen molar-refractivity contribution in [1.29, 1.82) is 0 Å². The number of aryl methyl sites for hydroxylation is 1. The summed E-state index contributed by atoms with van der Waals surface area (Å²) >= 11 is 0. The summed E-state index contributed by atoms with van der Waals surface area (Å²) in [7, 11) is -0.239. The van der Waals surface area contributed by atoms with Gasteiger partial charge in [0.1, 0.15) is 0 Å². The van der Waals surface area contributed by atoms with Gasteiger partial charge in [-0.25, -0.2) is 0 Å². The lowest BCUT2D eigenvalue weighted by molar-refractivity contribution is 1.01. The molecule has 0 amide bonds. The molecule has 1 nitrogen and oxygen atoms in total. The lowest BCUT2D eigenvalue weighted by Gasteiger charge is -2.31. The van der Waals surface area contributed by atoms with Gasteiger partial charge < -0.3 is 4.57 Å². The predicted octanol–water partition coefficient (Wildman–Crippen LogP) is 4.69. The highest BCUT2D eigenvalue weighted by molar-refractivity contribution is 7.22. The van der Waals surface area contributed by atoms with E-state index >= 15 is 0 Å². The second-order valence-corrected chi connectivity index (χ2v) is 12.8. The Balaban J connectivity index is 1.71. The van der Waals surface area contributed by atoms with Crippen LogP contribution in [0.15, 0.2) is 121 Å². The molecule has 1 aliphatic rings. The van der Waals surface area contributed by atoms with Gasteiger partial charge in [0.25, 0.3) is 0 Å². The van der Waals surface area contributed by atoms with Crippen LogP contribution in [0, 0.1) is 0 Å². The highest BCUT2D eigenvalue weighted by atomic mass is 28.3. The summed E-state index contributed by atoms with van der Waals surface area (Å²) in [6.45, 7) is 0. The summed E-state index contributed by atoms with van der Waals surface area (Å²) in [5, 5.41) is 8.58. The molecule has 0 spiro atoms. The van der Waals surface area contributed by atoms with Gasteiger partial charge in [0.2, 0.25) is 0 Å². The number of hydrogen-bond acceptors (Lipinski definition) is 0. The average Bonchev–Trinajstić information content (AvgIpc) is 3.34. The molecule has 5 aromatic carbocycles. The van der Waals surface area contributed by atoms with Crippen LogP contribution in [0.3, 0.4) is 0 Å². The second kappa shape index (κ2) is 6.81. The molecule has 0 N–H and O–H groups in total. The Hall–Kier alpha value is -3.88. The monoisotopic (exact) mass is 437 g/mol. The first-order chi connectivity index (χ1) is 16.3. The van der Waals surface area contributed by atoms with Gasteiger partial charge in [-0.3, -0.25) is 0 Å². The van der Waals surface area contributed by atoms with Gasteiger partial charge in [-0.1, -0.05) is 109 Å². The number of rotatable bonds is 2. The number of hydrogen-bond donors (Lipinski definition) is 0. The van der Waals surface area contributed by atoms with E-state index in [4.69, 9.17) is 0 Å². The van der Waals surface area contributed by atoms with E-state index < -0.39 is 8.07 Å². The normalized spacial score (nSPS) is 13.8. The highest BCUT2D eigenvalue weighted by Gasteiger charge is 2.48. The van der Waals surface area contributed by atoms with Crippen LogP contribution in [-0.4, -0.2) is 12.6 Å². The molecule has 0 atom stereocenters. The highest BCUT2D eigenvalue weighted by Crippen LogP contribution is 2.35. The molecule has 6 aromatic rings. The second-order valence-electron chi connectivity index (χ2n) is 9.02. The number of benzene rings is 5. The Bertz CT molecular complexity index is 1620. The van der Waals surface area contributed by atoms with Gasteiger partial charge in [-0.05, 0) is 44.0 Å². The zero-order valence-electron chi connectivity index (χ0n) is 18.5. The van der Waals surface area contributed by atoms with Crippen molar-refractivity contribution in [2.24, 2.45) is 7.05 Å². The lowest BCUT2D eigenvalue weighted by atomic mass is 10.0. The maximum absolute atomic E-state index is 2.53. The molecule has 156 valence electrons. The van der Waals surface area contributed by atoms with E-state index in [-0.39, 0.29) is 0 Å². The van der Waals surface area contributed by atoms with Crippen LogP contribution in [0.2, 0.25) is 0 Å². The number of fused-ring (bicyclic) bond motifs is 6. The van der Waals surface area contributed by atoms with E-state index in [1.807, 2.05) is 0 Å². The van der Waals surface area contributed by atoms with Gasteiger partial charge in [0.05, 0.1) is 0 Å². The molecule has 1 aliphatic heterocycles. The fourth-order valence-electron chi connectivity index (χ4n) is 6.09. The van der Waals surface area contributed by atoms with Crippen molar-refractivity contribution < 1.29 is 0 Å². The molecule has 0 bridgehead atoms. The zero-order chi connectivity index (χ0) is 22.0. The molecular formula is C31H23NSi. The molecule has 0 aliphatic carbocycles. The largest absolute Gasteiger partial charge is 0.344 e. The smallest absolute Gasteiger partial charge is 0.180 e. The minimum absolute atomic E-state index is 1.29. The first-order valence-corrected chi connectivity index (χ1v) is 13.5. The summed E-state index contributed by atoms with van der Waals surface area (Å²) in [5.74, 6) is 0. The topological polar surface area (TPSA) is 4.93 Å². The van der Waals surface area contributed by atoms with Crippen molar-refractivity contribution in [3.8, 4) is 11.1 Å². The van der Waals surface area contributed by atoms with Crippen molar-refractivity contribution in [2.75, 3.05) is 0 Å². The quantitative estimate of drug-likeness (QED) is 0.346. The van der Waals surface area contributed by atoms with Gasteiger partial charge in [-0.15, -0.1) is 0 Å². The molecule has 2 heterocycles. The lowest BCUT2D eigenvalue weighted by Crippen LogP contribution is -2.72. The van der Waals surface area contributed by atoms with Crippen LogP contribution in [0.1, 0.15) is 0 Å². The Morgan fingerprint density at radius 2 is 1.09 bits per heavy atom. The fourth-order valence-corrected chi connectivity index (χ4v) is 11.3. The van der Waals surface area contributed by atoms with Crippen LogP contribution >= 0.6 is 0 Å². The first kappa shape index (κ1) is 18.7. The van der Waals surface area contributed by atoms with Crippen LogP contribution in [0.25, 0.3) is 32.9 Å². The van der Waals surface area contributed by atoms with Crippen LogP contribution in [0.4, 0.5) is 0 Å². The molecule has 2 heteroatoms. The van der Waals surface area contributed by atoms with E-state index in [0.717, 1.165) is 0 Å². The van der Waals surface area contributed by atoms with E-state index in [2.05, 4.69) is 133 Å². The zero-order valence-corrected chi connectivity index (χ0v) is 19.5. The van der Waals surface area contributed by atoms with Gasteiger partial charge in [0.15, 0.2) is 8.07 Å². The Labute approximate surface area is 194 Å². The van der Waals surface area contributed by atoms with Crippen molar-refractivity contribution in [3.63, 3.8) is 0 Å². The molecule has 0 saturated heterocycles. The molecule has 33 heavy (non-hydrogen) atoms.